The van der Waals surface area contributed by atoms with E-state index in [0.717, 1.165) is 18.3 Å². The van der Waals surface area contributed by atoms with Gasteiger partial charge in [0.1, 0.15) is 5.82 Å². The molecule has 20 heavy (non-hydrogen) atoms. The number of hydrogen-bond acceptors (Lipinski definition) is 2. The van der Waals surface area contributed by atoms with Gasteiger partial charge >= 0.3 is 0 Å². The topological polar surface area (TPSA) is 24.9 Å². The summed E-state index contributed by atoms with van der Waals surface area (Å²) in [4.78, 5) is 3.99. The monoisotopic (exact) mass is 280 g/mol. The second-order valence-corrected chi connectivity index (χ2v) is 4.68. The van der Waals surface area contributed by atoms with Crippen molar-refractivity contribution in [2.24, 2.45) is 0 Å². The molecule has 0 radical (unpaired) electrons. The van der Waals surface area contributed by atoms with Crippen molar-refractivity contribution in [1.82, 2.24) is 10.3 Å². The zero-order valence-electron chi connectivity index (χ0n) is 11.2. The molecule has 2 unspecified atom stereocenters. The Kier molecular flexibility index (Phi) is 4.39. The van der Waals surface area contributed by atoms with E-state index in [-0.39, 0.29) is 12.1 Å². The Labute approximate surface area is 115 Å². The molecule has 2 aromatic rings. The molecule has 0 aliphatic carbocycles. The number of pyridine rings is 1. The van der Waals surface area contributed by atoms with E-state index < -0.39 is 17.5 Å². The van der Waals surface area contributed by atoms with E-state index in [1.165, 1.54) is 12.1 Å². The van der Waals surface area contributed by atoms with Gasteiger partial charge in [0.05, 0.1) is 11.9 Å². The zero-order valence-corrected chi connectivity index (χ0v) is 11.2. The maximum absolute atomic E-state index is 13.2. The fourth-order valence-electron chi connectivity index (χ4n) is 1.98. The van der Waals surface area contributed by atoms with Crippen LogP contribution >= 0.6 is 0 Å². The number of nitrogens with zero attached hydrogens (tertiary/aromatic N) is 1. The highest BCUT2D eigenvalue weighted by atomic mass is 19.2. The minimum atomic E-state index is -0.872. The van der Waals surface area contributed by atoms with Crippen molar-refractivity contribution in [2.75, 3.05) is 0 Å². The van der Waals surface area contributed by atoms with Crippen molar-refractivity contribution in [3.05, 3.63) is 65.2 Å². The van der Waals surface area contributed by atoms with Gasteiger partial charge in [-0.05, 0) is 43.7 Å². The Morgan fingerprint density at radius 2 is 1.70 bits per heavy atom. The van der Waals surface area contributed by atoms with Crippen LogP contribution in [0.25, 0.3) is 0 Å². The lowest BCUT2D eigenvalue weighted by Crippen LogP contribution is -2.23. The second kappa shape index (κ2) is 6.05. The molecule has 5 heteroatoms. The van der Waals surface area contributed by atoms with Gasteiger partial charge in [0.25, 0.3) is 0 Å². The summed E-state index contributed by atoms with van der Waals surface area (Å²) in [6, 6.07) is 6.39. The van der Waals surface area contributed by atoms with E-state index in [1.807, 2.05) is 13.8 Å². The highest BCUT2D eigenvalue weighted by Gasteiger charge is 2.14. The van der Waals surface area contributed by atoms with Gasteiger partial charge in [0.15, 0.2) is 11.6 Å². The normalized spacial score (nSPS) is 14.1. The van der Waals surface area contributed by atoms with Gasteiger partial charge in [-0.3, -0.25) is 4.98 Å². The van der Waals surface area contributed by atoms with Crippen LogP contribution in [-0.4, -0.2) is 4.98 Å². The standard InChI is InChI=1S/C15H15F3N2/c1-9(11-3-5-13(17)14(18)7-11)20-10(2)15-6-4-12(16)8-19-15/h3-10,20H,1-2H3. The fraction of sp³-hybridized carbons (Fsp3) is 0.267. The van der Waals surface area contributed by atoms with E-state index in [4.69, 9.17) is 0 Å². The molecule has 0 fully saturated rings. The minimum Gasteiger partial charge on any atom is -0.302 e. The fourth-order valence-corrected chi connectivity index (χ4v) is 1.98. The predicted octanol–water partition coefficient (Wildman–Crippen LogP) is 3.91. The van der Waals surface area contributed by atoms with Gasteiger partial charge in [-0.2, -0.15) is 0 Å². The number of halogens is 3. The summed E-state index contributed by atoms with van der Waals surface area (Å²) in [5, 5.41) is 3.20. The molecule has 1 aromatic heterocycles. The molecule has 1 heterocycles. The maximum atomic E-state index is 13.2. The Bertz CT molecular complexity index is 584. The summed E-state index contributed by atoms with van der Waals surface area (Å²) < 4.78 is 38.9. The molecule has 0 amide bonds. The SMILES string of the molecule is CC(NC(C)c1ccc(F)cn1)c1ccc(F)c(F)c1. The third-order valence-electron chi connectivity index (χ3n) is 3.14. The lowest BCUT2D eigenvalue weighted by molar-refractivity contribution is 0.473. The van der Waals surface area contributed by atoms with Crippen molar-refractivity contribution >= 4 is 0 Å². The van der Waals surface area contributed by atoms with Crippen molar-refractivity contribution < 1.29 is 13.2 Å². The van der Waals surface area contributed by atoms with Gasteiger partial charge < -0.3 is 5.32 Å². The van der Waals surface area contributed by atoms with Crippen LogP contribution in [0.4, 0.5) is 13.2 Å². The Balaban J connectivity index is 2.08. The molecule has 1 aromatic carbocycles. The Hall–Kier alpha value is -1.88. The van der Waals surface area contributed by atoms with Crippen LogP contribution in [-0.2, 0) is 0 Å². The van der Waals surface area contributed by atoms with Crippen LogP contribution in [0.1, 0.15) is 37.2 Å². The molecular weight excluding hydrogens is 265 g/mol. The molecule has 2 nitrogen and oxygen atoms in total. The van der Waals surface area contributed by atoms with Gasteiger partial charge in [-0.25, -0.2) is 13.2 Å². The van der Waals surface area contributed by atoms with Crippen molar-refractivity contribution in [3.8, 4) is 0 Å². The van der Waals surface area contributed by atoms with Gasteiger partial charge in [-0.1, -0.05) is 6.07 Å². The first-order valence-corrected chi connectivity index (χ1v) is 6.30. The molecule has 0 bridgehead atoms. The molecule has 2 atom stereocenters. The molecule has 1 N–H and O–H groups in total. The summed E-state index contributed by atoms with van der Waals surface area (Å²) in [5.41, 5.74) is 1.32. The zero-order chi connectivity index (χ0) is 14.7. The van der Waals surface area contributed by atoms with Crippen LogP contribution < -0.4 is 5.32 Å². The van der Waals surface area contributed by atoms with Crippen LogP contribution in [0, 0.1) is 17.5 Å². The lowest BCUT2D eigenvalue weighted by atomic mass is 10.1. The summed E-state index contributed by atoms with van der Waals surface area (Å²) >= 11 is 0. The van der Waals surface area contributed by atoms with Gasteiger partial charge in [-0.15, -0.1) is 0 Å². The van der Waals surface area contributed by atoms with E-state index in [0.29, 0.717) is 11.3 Å². The number of nitrogens with one attached hydrogen (secondary N) is 1. The highest BCUT2D eigenvalue weighted by Crippen LogP contribution is 2.20. The molecule has 0 saturated heterocycles. The average Bonchev–Trinajstić information content (AvgIpc) is 2.42. The first-order chi connectivity index (χ1) is 9.47. The van der Waals surface area contributed by atoms with Crippen LogP contribution in [0.5, 0.6) is 0 Å². The van der Waals surface area contributed by atoms with E-state index in [1.54, 1.807) is 6.07 Å². The second-order valence-electron chi connectivity index (χ2n) is 4.68. The first kappa shape index (κ1) is 14.5. The highest BCUT2D eigenvalue weighted by molar-refractivity contribution is 5.21. The molecule has 2 rings (SSSR count). The molecule has 0 saturated carbocycles. The molecule has 0 aliphatic heterocycles. The van der Waals surface area contributed by atoms with Crippen LogP contribution in [0.2, 0.25) is 0 Å². The maximum Gasteiger partial charge on any atom is 0.159 e. The average molecular weight is 280 g/mol. The third-order valence-corrected chi connectivity index (χ3v) is 3.14. The molecule has 0 aliphatic rings. The van der Waals surface area contributed by atoms with Gasteiger partial charge in [0.2, 0.25) is 0 Å². The smallest absolute Gasteiger partial charge is 0.159 e. The Morgan fingerprint density at radius 1 is 0.950 bits per heavy atom. The van der Waals surface area contributed by atoms with E-state index in [9.17, 15) is 13.2 Å². The summed E-state index contributed by atoms with van der Waals surface area (Å²) in [7, 11) is 0. The van der Waals surface area contributed by atoms with Crippen molar-refractivity contribution in [1.29, 1.82) is 0 Å². The molecule has 0 spiro atoms. The van der Waals surface area contributed by atoms with E-state index >= 15 is 0 Å². The predicted molar refractivity (Wildman–Crippen MR) is 70.5 cm³/mol. The largest absolute Gasteiger partial charge is 0.302 e. The van der Waals surface area contributed by atoms with Crippen molar-refractivity contribution in [2.45, 2.75) is 25.9 Å². The lowest BCUT2D eigenvalue weighted by Gasteiger charge is -2.20. The summed E-state index contributed by atoms with van der Waals surface area (Å²) in [5.74, 6) is -2.13. The van der Waals surface area contributed by atoms with Crippen LogP contribution in [0.15, 0.2) is 36.5 Å². The summed E-state index contributed by atoms with van der Waals surface area (Å²) in [6.45, 7) is 3.71. The quantitative estimate of drug-likeness (QED) is 0.918. The number of benzene rings is 1. The van der Waals surface area contributed by atoms with Gasteiger partial charge in [0, 0.05) is 12.1 Å². The van der Waals surface area contributed by atoms with E-state index in [2.05, 4.69) is 10.3 Å². The third kappa shape index (κ3) is 3.36. The molecular formula is C15H15F3N2. The summed E-state index contributed by atoms with van der Waals surface area (Å²) in [6.07, 6.45) is 1.15. The number of hydrogen-bond donors (Lipinski definition) is 1. The number of rotatable bonds is 4. The van der Waals surface area contributed by atoms with Crippen molar-refractivity contribution in [3.63, 3.8) is 0 Å². The first-order valence-electron chi connectivity index (χ1n) is 6.30. The van der Waals surface area contributed by atoms with Crippen LogP contribution in [0.3, 0.4) is 0 Å². The number of aromatic nitrogens is 1. The Morgan fingerprint density at radius 3 is 2.30 bits per heavy atom. The minimum absolute atomic E-state index is 0.140. The molecule has 106 valence electrons.